The topological polar surface area (TPSA) is 231 Å². The fourth-order valence-electron chi connectivity index (χ4n) is 3.10. The first-order valence-electron chi connectivity index (χ1n) is 11.2. The fourth-order valence-corrected chi connectivity index (χ4v) is 3.10. The van der Waals surface area contributed by atoms with Gasteiger partial charge in [0.15, 0.2) is 0 Å². The Morgan fingerprint density at radius 3 is 1.86 bits per heavy atom. The normalized spacial score (nSPS) is 14.1. The lowest BCUT2D eigenvalue weighted by atomic mass is 10.0. The van der Waals surface area contributed by atoms with Crippen molar-refractivity contribution in [1.82, 2.24) is 16.0 Å². The predicted molar refractivity (Wildman–Crippen MR) is 127 cm³/mol. The Morgan fingerprint density at radius 2 is 1.36 bits per heavy atom. The van der Waals surface area contributed by atoms with Gasteiger partial charge >= 0.3 is 11.9 Å². The third-order valence-corrected chi connectivity index (χ3v) is 5.24. The van der Waals surface area contributed by atoms with E-state index < -0.39 is 66.2 Å². The number of carboxylic acids is 2. The van der Waals surface area contributed by atoms with Crippen molar-refractivity contribution >= 4 is 35.6 Å². The Kier molecular flexibility index (Phi) is 12.0. The van der Waals surface area contributed by atoms with E-state index in [1.807, 2.05) is 5.32 Å². The lowest BCUT2D eigenvalue weighted by Gasteiger charge is -2.25. The summed E-state index contributed by atoms with van der Waals surface area (Å²) in [4.78, 5) is 72.0. The molecule has 0 aliphatic carbocycles. The number of carboxylic acid groups (broad SMARTS) is 2. The summed E-state index contributed by atoms with van der Waals surface area (Å²) in [5, 5.41) is 25.1. The summed E-state index contributed by atoms with van der Waals surface area (Å²) in [5.74, 6) is -6.47. The van der Waals surface area contributed by atoms with Crippen molar-refractivity contribution in [3.8, 4) is 0 Å². The van der Waals surface area contributed by atoms with E-state index in [0.717, 1.165) is 0 Å². The molecule has 36 heavy (non-hydrogen) atoms. The summed E-state index contributed by atoms with van der Waals surface area (Å²) in [6.07, 6.45) is -1.48. The van der Waals surface area contributed by atoms with Crippen molar-refractivity contribution < 1.29 is 39.0 Å². The van der Waals surface area contributed by atoms with Gasteiger partial charge in [-0.1, -0.05) is 44.2 Å². The van der Waals surface area contributed by atoms with Crippen LogP contribution in [-0.4, -0.2) is 69.9 Å². The molecule has 1 aromatic rings. The third-order valence-electron chi connectivity index (χ3n) is 5.24. The molecule has 0 aliphatic rings. The summed E-state index contributed by atoms with van der Waals surface area (Å²) in [5.41, 5.74) is 11.7. The molecule has 1 rings (SSSR count). The molecule has 13 nitrogen and oxygen atoms in total. The van der Waals surface area contributed by atoms with Gasteiger partial charge in [0, 0.05) is 12.8 Å². The van der Waals surface area contributed by atoms with Gasteiger partial charge in [-0.3, -0.25) is 24.0 Å². The van der Waals surface area contributed by atoms with Crippen LogP contribution in [0.5, 0.6) is 0 Å². The van der Waals surface area contributed by atoms with E-state index in [9.17, 15) is 33.9 Å². The van der Waals surface area contributed by atoms with Crippen molar-refractivity contribution in [1.29, 1.82) is 0 Å². The van der Waals surface area contributed by atoms with Crippen molar-refractivity contribution in [2.24, 2.45) is 17.4 Å². The van der Waals surface area contributed by atoms with E-state index in [-0.39, 0.29) is 25.2 Å². The van der Waals surface area contributed by atoms with Crippen molar-refractivity contribution in [2.75, 3.05) is 0 Å². The molecule has 0 saturated heterocycles. The van der Waals surface area contributed by atoms with E-state index in [4.69, 9.17) is 16.6 Å². The number of carbonyl (C=O) groups excluding carboxylic acids is 4. The van der Waals surface area contributed by atoms with Crippen LogP contribution in [0.1, 0.15) is 38.7 Å². The number of aliphatic carboxylic acids is 2. The van der Waals surface area contributed by atoms with Crippen LogP contribution in [0, 0.1) is 5.92 Å². The summed E-state index contributed by atoms with van der Waals surface area (Å²) in [7, 11) is 0. The highest BCUT2D eigenvalue weighted by Gasteiger charge is 2.31. The van der Waals surface area contributed by atoms with Gasteiger partial charge in [0.25, 0.3) is 0 Å². The molecular formula is C23H33N5O8. The maximum atomic E-state index is 13.2. The number of hydrogen-bond acceptors (Lipinski definition) is 7. The van der Waals surface area contributed by atoms with Crippen LogP contribution in [0.25, 0.3) is 0 Å². The maximum Gasteiger partial charge on any atom is 0.326 e. The zero-order valence-corrected chi connectivity index (χ0v) is 20.1. The second kappa shape index (κ2) is 14.4. The van der Waals surface area contributed by atoms with Gasteiger partial charge in [-0.05, 0) is 17.9 Å². The van der Waals surface area contributed by atoms with E-state index in [2.05, 4.69) is 10.6 Å². The average molecular weight is 508 g/mol. The lowest BCUT2D eigenvalue weighted by molar-refractivity contribution is -0.147. The highest BCUT2D eigenvalue weighted by Crippen LogP contribution is 2.08. The summed E-state index contributed by atoms with van der Waals surface area (Å²) < 4.78 is 0. The Hall–Kier alpha value is -4.00. The molecule has 1 aromatic carbocycles. The zero-order valence-electron chi connectivity index (χ0n) is 20.1. The van der Waals surface area contributed by atoms with Crippen LogP contribution in [-0.2, 0) is 35.2 Å². The minimum absolute atomic E-state index is 0.0458. The number of amides is 4. The molecule has 198 valence electrons. The number of nitrogens with two attached hydrogens (primary N) is 2. The molecule has 0 aliphatic heterocycles. The number of nitrogens with one attached hydrogen (secondary N) is 3. The molecule has 13 heteroatoms. The van der Waals surface area contributed by atoms with Crippen LogP contribution in [0.15, 0.2) is 30.3 Å². The smallest absolute Gasteiger partial charge is 0.326 e. The monoisotopic (exact) mass is 507 g/mol. The Morgan fingerprint density at radius 1 is 0.833 bits per heavy atom. The molecule has 0 bridgehead atoms. The Balaban J connectivity index is 3.14. The second-order valence-electron chi connectivity index (χ2n) is 8.58. The average Bonchev–Trinajstić information content (AvgIpc) is 2.80. The number of carbonyl (C=O) groups is 6. The van der Waals surface area contributed by atoms with E-state index in [1.165, 1.54) is 0 Å². The van der Waals surface area contributed by atoms with Gasteiger partial charge in [0.05, 0.1) is 12.5 Å². The summed E-state index contributed by atoms with van der Waals surface area (Å²) >= 11 is 0. The quantitative estimate of drug-likeness (QED) is 0.146. The van der Waals surface area contributed by atoms with Crippen molar-refractivity contribution in [3.05, 3.63) is 35.9 Å². The molecule has 9 N–H and O–H groups in total. The minimum atomic E-state index is -1.77. The van der Waals surface area contributed by atoms with E-state index in [1.54, 1.807) is 44.2 Å². The fraction of sp³-hybridized carbons (Fsp3) is 0.478. The van der Waals surface area contributed by atoms with Gasteiger partial charge in [0.2, 0.25) is 23.6 Å². The third kappa shape index (κ3) is 10.5. The molecule has 0 radical (unpaired) electrons. The largest absolute Gasteiger partial charge is 0.481 e. The minimum Gasteiger partial charge on any atom is -0.481 e. The zero-order chi connectivity index (χ0) is 27.4. The van der Waals surface area contributed by atoms with Gasteiger partial charge in [-0.25, -0.2) is 4.79 Å². The maximum absolute atomic E-state index is 13.2. The van der Waals surface area contributed by atoms with Crippen LogP contribution in [0.3, 0.4) is 0 Å². The standard InChI is InChI=1S/C23H33N5O8/c1-12(2)19(25)22(34)27-15(10-13-6-4-3-5-7-13)21(33)26-14(8-9-17(24)29)20(32)28-16(23(35)36)11-18(30)31/h3-7,12,14-16,19H,8-11,25H2,1-2H3,(H2,24,29)(H,26,33)(H,27,34)(H,28,32)(H,30,31)(H,35,36). The van der Waals surface area contributed by atoms with Gasteiger partial charge < -0.3 is 37.6 Å². The first kappa shape index (κ1) is 30.0. The van der Waals surface area contributed by atoms with Crippen molar-refractivity contribution in [2.45, 2.75) is 63.7 Å². The van der Waals surface area contributed by atoms with E-state index >= 15 is 0 Å². The molecule has 0 saturated carbocycles. The Bertz CT molecular complexity index is 953. The first-order chi connectivity index (χ1) is 16.8. The molecular weight excluding hydrogens is 474 g/mol. The number of rotatable bonds is 15. The van der Waals surface area contributed by atoms with Crippen LogP contribution in [0.4, 0.5) is 0 Å². The number of hydrogen-bond donors (Lipinski definition) is 7. The molecule has 0 fully saturated rings. The lowest BCUT2D eigenvalue weighted by Crippen LogP contribution is -2.58. The SMILES string of the molecule is CC(C)C(N)C(=O)NC(Cc1ccccc1)C(=O)NC(CCC(N)=O)C(=O)NC(CC(=O)O)C(=O)O. The second-order valence-corrected chi connectivity index (χ2v) is 8.58. The number of primary amides is 1. The number of benzene rings is 1. The van der Waals surface area contributed by atoms with Crippen LogP contribution < -0.4 is 27.4 Å². The molecule has 4 atom stereocenters. The van der Waals surface area contributed by atoms with Gasteiger partial charge in [-0.2, -0.15) is 0 Å². The molecule has 0 aromatic heterocycles. The van der Waals surface area contributed by atoms with Crippen molar-refractivity contribution in [3.63, 3.8) is 0 Å². The first-order valence-corrected chi connectivity index (χ1v) is 11.2. The Labute approximate surface area is 208 Å². The van der Waals surface area contributed by atoms with Crippen LogP contribution in [0.2, 0.25) is 0 Å². The summed E-state index contributed by atoms with van der Waals surface area (Å²) in [6.45, 7) is 3.47. The molecule has 0 spiro atoms. The van der Waals surface area contributed by atoms with Gasteiger partial charge in [-0.15, -0.1) is 0 Å². The molecule has 4 amide bonds. The van der Waals surface area contributed by atoms with Crippen LogP contribution >= 0.6 is 0 Å². The molecule has 0 heterocycles. The summed E-state index contributed by atoms with van der Waals surface area (Å²) in [6, 6.07) is 3.44. The highest BCUT2D eigenvalue weighted by atomic mass is 16.4. The predicted octanol–water partition coefficient (Wildman–Crippen LogP) is -1.51. The molecule has 4 unspecified atom stereocenters. The highest BCUT2D eigenvalue weighted by molar-refractivity contribution is 5.95. The van der Waals surface area contributed by atoms with E-state index in [0.29, 0.717) is 5.56 Å². The van der Waals surface area contributed by atoms with Gasteiger partial charge in [0.1, 0.15) is 18.1 Å².